The third-order valence-corrected chi connectivity index (χ3v) is 6.17. The number of piperidine rings is 1. The molecule has 1 saturated heterocycles. The van der Waals surface area contributed by atoms with Gasteiger partial charge in [0.2, 0.25) is 0 Å². The molecule has 2 heterocycles. The van der Waals surface area contributed by atoms with Crippen LogP contribution in [0.5, 0.6) is 0 Å². The van der Waals surface area contributed by atoms with Crippen molar-refractivity contribution in [3.8, 4) is 0 Å². The molecule has 5 heteroatoms. The van der Waals surface area contributed by atoms with Gasteiger partial charge in [0.15, 0.2) is 0 Å². The smallest absolute Gasteiger partial charge is 0.132 e. The lowest BCUT2D eigenvalue weighted by atomic mass is 9.88. The number of nitrogens with zero attached hydrogens (tertiary/aromatic N) is 2. The first kappa shape index (κ1) is 19.2. The number of rotatable bonds is 5. The van der Waals surface area contributed by atoms with Crippen molar-refractivity contribution in [1.82, 2.24) is 9.88 Å². The number of likely N-dealkylation sites (tertiary alicyclic amines) is 1. The quantitative estimate of drug-likeness (QED) is 0.714. The van der Waals surface area contributed by atoms with E-state index in [4.69, 9.17) is 0 Å². The summed E-state index contributed by atoms with van der Waals surface area (Å²) in [5, 5.41) is 7.16. The van der Waals surface area contributed by atoms with Crippen LogP contribution >= 0.6 is 0 Å². The summed E-state index contributed by atoms with van der Waals surface area (Å²) >= 11 is 0. The standard InChI is InChI=1S/C23H31FN4/c1-28-13-11-17(12-14-28)21-16-25-23(27-20-9-7-18(24)8-10-20)15-22(21)26-19-5-3-2-4-6-19/h7-10,15-17,19H,2-6,11-14H2,1H3,(H2,25,26,27). The molecule has 1 aromatic heterocycles. The fourth-order valence-corrected chi connectivity index (χ4v) is 4.45. The molecule has 0 unspecified atom stereocenters. The number of halogens is 1. The average molecular weight is 383 g/mol. The molecule has 2 aliphatic rings. The normalized spacial score (nSPS) is 19.5. The minimum absolute atomic E-state index is 0.226. The third-order valence-electron chi connectivity index (χ3n) is 6.17. The molecule has 4 rings (SSSR count). The lowest BCUT2D eigenvalue weighted by Gasteiger charge is -2.32. The number of hydrogen-bond donors (Lipinski definition) is 2. The van der Waals surface area contributed by atoms with E-state index in [0.29, 0.717) is 12.0 Å². The predicted molar refractivity (Wildman–Crippen MR) is 114 cm³/mol. The summed E-state index contributed by atoms with van der Waals surface area (Å²) in [6.07, 6.45) is 10.9. The number of pyridine rings is 1. The minimum atomic E-state index is -0.226. The second kappa shape index (κ2) is 8.91. The van der Waals surface area contributed by atoms with Crippen LogP contribution in [0, 0.1) is 5.82 Å². The highest BCUT2D eigenvalue weighted by Gasteiger charge is 2.23. The van der Waals surface area contributed by atoms with Crippen molar-refractivity contribution < 1.29 is 4.39 Å². The van der Waals surface area contributed by atoms with E-state index >= 15 is 0 Å². The zero-order valence-corrected chi connectivity index (χ0v) is 16.8. The van der Waals surface area contributed by atoms with E-state index in [1.807, 2.05) is 6.20 Å². The van der Waals surface area contributed by atoms with Crippen LogP contribution in [0.1, 0.15) is 56.4 Å². The summed E-state index contributed by atoms with van der Waals surface area (Å²) in [5.74, 6) is 1.15. The zero-order chi connectivity index (χ0) is 19.3. The maximum atomic E-state index is 13.2. The monoisotopic (exact) mass is 382 g/mol. The van der Waals surface area contributed by atoms with E-state index in [9.17, 15) is 4.39 Å². The highest BCUT2D eigenvalue weighted by Crippen LogP contribution is 2.35. The number of anilines is 3. The Kier molecular flexibility index (Phi) is 6.10. The fraction of sp³-hybridized carbons (Fsp3) is 0.522. The van der Waals surface area contributed by atoms with Crippen molar-refractivity contribution >= 4 is 17.2 Å². The third kappa shape index (κ3) is 4.82. The molecule has 2 fully saturated rings. The molecule has 0 spiro atoms. The summed E-state index contributed by atoms with van der Waals surface area (Å²) in [6, 6.07) is 9.13. The molecule has 150 valence electrons. The van der Waals surface area contributed by atoms with Crippen molar-refractivity contribution in [2.75, 3.05) is 30.8 Å². The Hall–Kier alpha value is -2.14. The first-order valence-electron chi connectivity index (χ1n) is 10.6. The molecule has 0 radical (unpaired) electrons. The fourth-order valence-electron chi connectivity index (χ4n) is 4.45. The van der Waals surface area contributed by atoms with Crippen LogP contribution in [0.2, 0.25) is 0 Å². The Morgan fingerprint density at radius 2 is 1.71 bits per heavy atom. The summed E-state index contributed by atoms with van der Waals surface area (Å²) in [7, 11) is 2.20. The van der Waals surface area contributed by atoms with E-state index in [0.717, 1.165) is 24.6 Å². The Morgan fingerprint density at radius 1 is 1.00 bits per heavy atom. The molecular weight excluding hydrogens is 351 g/mol. The first-order chi connectivity index (χ1) is 13.7. The van der Waals surface area contributed by atoms with Crippen LogP contribution < -0.4 is 10.6 Å². The van der Waals surface area contributed by atoms with Gasteiger partial charge in [-0.3, -0.25) is 0 Å². The van der Waals surface area contributed by atoms with Crippen LogP contribution in [0.4, 0.5) is 21.6 Å². The number of aromatic nitrogens is 1. The molecule has 2 aromatic rings. The van der Waals surface area contributed by atoms with Gasteiger partial charge in [-0.05, 0) is 81.6 Å². The SMILES string of the molecule is CN1CCC(c2cnc(Nc3ccc(F)cc3)cc2NC2CCCCC2)CC1. The summed E-state index contributed by atoms with van der Waals surface area (Å²) in [4.78, 5) is 7.09. The van der Waals surface area contributed by atoms with Gasteiger partial charge in [-0.25, -0.2) is 9.37 Å². The Bertz CT molecular complexity index is 763. The molecule has 1 aliphatic heterocycles. The molecule has 1 aromatic carbocycles. The van der Waals surface area contributed by atoms with Crippen molar-refractivity contribution in [2.45, 2.75) is 56.9 Å². The van der Waals surface area contributed by atoms with Gasteiger partial charge in [0.25, 0.3) is 0 Å². The van der Waals surface area contributed by atoms with Crippen LogP contribution in [0.25, 0.3) is 0 Å². The average Bonchev–Trinajstić information content (AvgIpc) is 2.72. The van der Waals surface area contributed by atoms with E-state index in [2.05, 4.69) is 33.6 Å². The van der Waals surface area contributed by atoms with Crippen LogP contribution in [0.15, 0.2) is 36.5 Å². The number of hydrogen-bond acceptors (Lipinski definition) is 4. The van der Waals surface area contributed by atoms with Crippen LogP contribution in [-0.4, -0.2) is 36.1 Å². The first-order valence-corrected chi connectivity index (χ1v) is 10.6. The van der Waals surface area contributed by atoms with Gasteiger partial charge in [-0.15, -0.1) is 0 Å². The van der Waals surface area contributed by atoms with E-state index in [1.54, 1.807) is 12.1 Å². The Morgan fingerprint density at radius 3 is 2.43 bits per heavy atom. The predicted octanol–water partition coefficient (Wildman–Crippen LogP) is 5.52. The van der Waals surface area contributed by atoms with Gasteiger partial charge < -0.3 is 15.5 Å². The largest absolute Gasteiger partial charge is 0.382 e. The van der Waals surface area contributed by atoms with Crippen LogP contribution in [-0.2, 0) is 0 Å². The Balaban J connectivity index is 1.56. The second-order valence-corrected chi connectivity index (χ2v) is 8.35. The lowest BCUT2D eigenvalue weighted by Crippen LogP contribution is -2.30. The number of nitrogens with one attached hydrogen (secondary N) is 2. The molecule has 1 saturated carbocycles. The van der Waals surface area contributed by atoms with E-state index < -0.39 is 0 Å². The minimum Gasteiger partial charge on any atom is -0.382 e. The molecule has 0 atom stereocenters. The van der Waals surface area contributed by atoms with Crippen molar-refractivity contribution in [3.63, 3.8) is 0 Å². The molecule has 4 nitrogen and oxygen atoms in total. The van der Waals surface area contributed by atoms with Crippen molar-refractivity contribution in [3.05, 3.63) is 47.9 Å². The van der Waals surface area contributed by atoms with Gasteiger partial charge in [0.05, 0.1) is 0 Å². The van der Waals surface area contributed by atoms with Gasteiger partial charge in [-0.2, -0.15) is 0 Å². The van der Waals surface area contributed by atoms with Gasteiger partial charge in [-0.1, -0.05) is 19.3 Å². The maximum absolute atomic E-state index is 13.2. The summed E-state index contributed by atoms with van der Waals surface area (Å²) in [6.45, 7) is 2.28. The molecule has 0 amide bonds. The highest BCUT2D eigenvalue weighted by molar-refractivity contribution is 5.64. The van der Waals surface area contributed by atoms with Crippen LogP contribution in [0.3, 0.4) is 0 Å². The molecule has 1 aliphatic carbocycles. The summed E-state index contributed by atoms with van der Waals surface area (Å²) < 4.78 is 13.2. The Labute approximate surface area is 167 Å². The van der Waals surface area contributed by atoms with Crippen molar-refractivity contribution in [2.24, 2.45) is 0 Å². The highest BCUT2D eigenvalue weighted by atomic mass is 19.1. The maximum Gasteiger partial charge on any atom is 0.132 e. The second-order valence-electron chi connectivity index (χ2n) is 8.35. The van der Waals surface area contributed by atoms with Crippen molar-refractivity contribution in [1.29, 1.82) is 0 Å². The van der Waals surface area contributed by atoms with Gasteiger partial charge in [0, 0.05) is 29.7 Å². The molecule has 2 N–H and O–H groups in total. The van der Waals surface area contributed by atoms with E-state index in [1.165, 1.54) is 68.3 Å². The lowest BCUT2D eigenvalue weighted by molar-refractivity contribution is 0.255. The molecular formula is C23H31FN4. The molecule has 0 bridgehead atoms. The topological polar surface area (TPSA) is 40.2 Å². The number of benzene rings is 1. The summed E-state index contributed by atoms with van der Waals surface area (Å²) in [5.41, 5.74) is 3.42. The molecule has 28 heavy (non-hydrogen) atoms. The van der Waals surface area contributed by atoms with Gasteiger partial charge >= 0.3 is 0 Å². The van der Waals surface area contributed by atoms with Gasteiger partial charge in [0.1, 0.15) is 11.6 Å². The zero-order valence-electron chi connectivity index (χ0n) is 16.8. The van der Waals surface area contributed by atoms with E-state index in [-0.39, 0.29) is 5.82 Å².